The van der Waals surface area contributed by atoms with Crippen molar-refractivity contribution in [1.82, 2.24) is 9.97 Å². The van der Waals surface area contributed by atoms with Gasteiger partial charge in [-0.15, -0.1) is 0 Å². The minimum absolute atomic E-state index is 0.133. The van der Waals surface area contributed by atoms with E-state index >= 15 is 0 Å². The summed E-state index contributed by atoms with van der Waals surface area (Å²) in [6, 6.07) is 6.25. The highest BCUT2D eigenvalue weighted by atomic mass is 16.5. The number of phenolic OH excluding ortho intramolecular Hbond substituents is 1. The third-order valence-corrected chi connectivity index (χ3v) is 2.66. The summed E-state index contributed by atoms with van der Waals surface area (Å²) in [7, 11) is 1.48. The number of aromatic hydroxyl groups is 1. The van der Waals surface area contributed by atoms with E-state index in [1.807, 2.05) is 13.8 Å². The normalized spacial score (nSPS) is 10.2. The van der Waals surface area contributed by atoms with Crippen molar-refractivity contribution < 1.29 is 14.6 Å². The molecule has 2 rings (SSSR count). The Balaban J connectivity index is 2.23. The number of carbonyl (C=O) groups excluding carboxylic acids is 1. The van der Waals surface area contributed by atoms with E-state index < -0.39 is 5.91 Å². The molecule has 0 saturated carbocycles. The van der Waals surface area contributed by atoms with Crippen molar-refractivity contribution in [2.24, 2.45) is 0 Å². The molecule has 1 amide bonds. The van der Waals surface area contributed by atoms with Crippen LogP contribution in [-0.2, 0) is 0 Å². The zero-order valence-electron chi connectivity index (χ0n) is 11.5. The van der Waals surface area contributed by atoms with Crippen LogP contribution in [0, 0.1) is 13.8 Å². The molecule has 0 fully saturated rings. The average Bonchev–Trinajstić information content (AvgIpc) is 2.36. The smallest absolute Gasteiger partial charge is 0.261 e. The molecule has 0 spiro atoms. The number of hydrogen-bond acceptors (Lipinski definition) is 5. The Labute approximate surface area is 116 Å². The summed E-state index contributed by atoms with van der Waals surface area (Å²) in [5.41, 5.74) is 1.65. The Hall–Kier alpha value is -2.63. The van der Waals surface area contributed by atoms with Crippen molar-refractivity contribution >= 4 is 11.9 Å². The minimum atomic E-state index is -0.477. The first kappa shape index (κ1) is 13.8. The third kappa shape index (κ3) is 3.03. The second kappa shape index (κ2) is 5.56. The fourth-order valence-electron chi connectivity index (χ4n) is 1.78. The summed E-state index contributed by atoms with van der Waals surface area (Å²) in [5, 5.41) is 12.4. The predicted molar refractivity (Wildman–Crippen MR) is 74.1 cm³/mol. The van der Waals surface area contributed by atoms with Gasteiger partial charge in [0.2, 0.25) is 5.95 Å². The number of hydrogen-bond donors (Lipinski definition) is 2. The fourth-order valence-corrected chi connectivity index (χ4v) is 1.78. The number of nitrogens with one attached hydrogen (secondary N) is 1. The minimum Gasteiger partial charge on any atom is -0.507 e. The van der Waals surface area contributed by atoms with E-state index in [0.717, 1.165) is 11.4 Å². The molecule has 1 heterocycles. The molecule has 2 N–H and O–H groups in total. The zero-order valence-corrected chi connectivity index (χ0v) is 11.5. The maximum Gasteiger partial charge on any atom is 0.261 e. The molecule has 2 aromatic rings. The molecule has 104 valence electrons. The van der Waals surface area contributed by atoms with Crippen molar-refractivity contribution in [3.05, 3.63) is 41.2 Å². The quantitative estimate of drug-likeness (QED) is 0.894. The lowest BCUT2D eigenvalue weighted by Crippen LogP contribution is -2.15. The lowest BCUT2D eigenvalue weighted by atomic mass is 10.2. The van der Waals surface area contributed by atoms with Crippen LogP contribution >= 0.6 is 0 Å². The maximum absolute atomic E-state index is 12.1. The van der Waals surface area contributed by atoms with Gasteiger partial charge in [-0.05, 0) is 32.0 Å². The number of rotatable bonds is 3. The summed E-state index contributed by atoms with van der Waals surface area (Å²) in [6.45, 7) is 3.63. The van der Waals surface area contributed by atoms with Crippen LogP contribution in [0.3, 0.4) is 0 Å². The highest BCUT2D eigenvalue weighted by Gasteiger charge is 2.13. The van der Waals surface area contributed by atoms with Gasteiger partial charge in [0.05, 0.1) is 12.7 Å². The van der Waals surface area contributed by atoms with E-state index in [2.05, 4.69) is 15.3 Å². The van der Waals surface area contributed by atoms with Crippen molar-refractivity contribution in [3.63, 3.8) is 0 Å². The first-order valence-corrected chi connectivity index (χ1v) is 6.00. The van der Waals surface area contributed by atoms with Gasteiger partial charge in [0.25, 0.3) is 5.91 Å². The molecule has 0 bridgehead atoms. The van der Waals surface area contributed by atoms with Crippen LogP contribution in [0.2, 0.25) is 0 Å². The number of aromatic nitrogens is 2. The van der Waals surface area contributed by atoms with Crippen molar-refractivity contribution in [2.45, 2.75) is 13.8 Å². The van der Waals surface area contributed by atoms with Crippen LogP contribution in [0.1, 0.15) is 21.7 Å². The monoisotopic (exact) mass is 273 g/mol. The second-order valence-corrected chi connectivity index (χ2v) is 4.31. The first-order valence-electron chi connectivity index (χ1n) is 6.00. The van der Waals surface area contributed by atoms with Crippen LogP contribution in [0.15, 0.2) is 24.3 Å². The highest BCUT2D eigenvalue weighted by molar-refractivity contribution is 6.05. The number of carbonyl (C=O) groups is 1. The molecule has 0 aliphatic heterocycles. The van der Waals surface area contributed by atoms with E-state index in [1.54, 1.807) is 12.1 Å². The number of amides is 1. The molecule has 0 atom stereocenters. The Morgan fingerprint density at radius 1 is 1.20 bits per heavy atom. The van der Waals surface area contributed by atoms with E-state index in [0.29, 0.717) is 5.75 Å². The van der Waals surface area contributed by atoms with E-state index in [9.17, 15) is 9.90 Å². The van der Waals surface area contributed by atoms with Gasteiger partial charge in [-0.1, -0.05) is 0 Å². The molecule has 1 aromatic heterocycles. The summed E-state index contributed by atoms with van der Waals surface area (Å²) in [4.78, 5) is 20.3. The molecular formula is C14H15N3O3. The Kier molecular flexibility index (Phi) is 3.84. The van der Waals surface area contributed by atoms with Crippen LogP contribution < -0.4 is 10.1 Å². The molecule has 0 aliphatic carbocycles. The van der Waals surface area contributed by atoms with Gasteiger partial charge in [-0.25, -0.2) is 9.97 Å². The molecule has 0 saturated heterocycles. The van der Waals surface area contributed by atoms with Gasteiger partial charge in [0.1, 0.15) is 11.5 Å². The third-order valence-electron chi connectivity index (χ3n) is 2.66. The summed E-state index contributed by atoms with van der Waals surface area (Å²) >= 11 is 0. The number of methoxy groups -OCH3 is 1. The fraction of sp³-hybridized carbons (Fsp3) is 0.214. The van der Waals surface area contributed by atoms with Gasteiger partial charge in [0.15, 0.2) is 0 Å². The first-order chi connectivity index (χ1) is 9.49. The van der Waals surface area contributed by atoms with E-state index in [4.69, 9.17) is 4.74 Å². The topological polar surface area (TPSA) is 84.3 Å². The van der Waals surface area contributed by atoms with Gasteiger partial charge in [-0.2, -0.15) is 0 Å². The van der Waals surface area contributed by atoms with Gasteiger partial charge in [0, 0.05) is 17.5 Å². The number of anilines is 1. The SMILES string of the molecule is COc1ccc(C(=O)Nc2nc(C)cc(C)n2)c(O)c1. The van der Waals surface area contributed by atoms with Crippen molar-refractivity contribution in [1.29, 1.82) is 0 Å². The summed E-state index contributed by atoms with van der Waals surface area (Å²) in [6.07, 6.45) is 0. The standard InChI is InChI=1S/C14H15N3O3/c1-8-6-9(2)16-14(15-8)17-13(19)11-5-4-10(20-3)7-12(11)18/h4-7,18H,1-3H3,(H,15,16,17,19). The molecule has 6 nitrogen and oxygen atoms in total. The molecule has 0 radical (unpaired) electrons. The van der Waals surface area contributed by atoms with Crippen molar-refractivity contribution in [2.75, 3.05) is 12.4 Å². The largest absolute Gasteiger partial charge is 0.507 e. The highest BCUT2D eigenvalue weighted by Crippen LogP contribution is 2.23. The maximum atomic E-state index is 12.1. The summed E-state index contributed by atoms with van der Waals surface area (Å²) < 4.78 is 4.96. The number of nitrogens with zero attached hydrogens (tertiary/aromatic N) is 2. The van der Waals surface area contributed by atoms with Crippen molar-refractivity contribution in [3.8, 4) is 11.5 Å². The molecular weight excluding hydrogens is 258 g/mol. The average molecular weight is 273 g/mol. The van der Waals surface area contributed by atoms with E-state index in [1.165, 1.54) is 19.2 Å². The van der Waals surface area contributed by atoms with Crippen LogP contribution in [0.25, 0.3) is 0 Å². The number of ether oxygens (including phenoxy) is 1. The molecule has 0 aliphatic rings. The zero-order chi connectivity index (χ0) is 14.7. The van der Waals surface area contributed by atoms with Crippen LogP contribution in [-0.4, -0.2) is 28.1 Å². The van der Waals surface area contributed by atoms with Crippen LogP contribution in [0.4, 0.5) is 5.95 Å². The predicted octanol–water partition coefficient (Wildman–Crippen LogP) is 2.06. The van der Waals surface area contributed by atoms with Gasteiger partial charge in [-0.3, -0.25) is 10.1 Å². The number of benzene rings is 1. The molecule has 1 aromatic carbocycles. The van der Waals surface area contributed by atoms with Gasteiger partial charge >= 0.3 is 0 Å². The van der Waals surface area contributed by atoms with E-state index in [-0.39, 0.29) is 17.3 Å². The lowest BCUT2D eigenvalue weighted by Gasteiger charge is -2.08. The number of aryl methyl sites for hydroxylation is 2. The van der Waals surface area contributed by atoms with Crippen LogP contribution in [0.5, 0.6) is 11.5 Å². The Bertz CT molecular complexity index is 636. The molecule has 20 heavy (non-hydrogen) atoms. The molecule has 6 heteroatoms. The Morgan fingerprint density at radius 2 is 1.85 bits per heavy atom. The number of phenols is 1. The van der Waals surface area contributed by atoms with Gasteiger partial charge < -0.3 is 9.84 Å². The summed E-state index contributed by atoms with van der Waals surface area (Å²) in [5.74, 6) is 0.0470. The molecule has 0 unspecified atom stereocenters. The second-order valence-electron chi connectivity index (χ2n) is 4.31. The Morgan fingerprint density at radius 3 is 2.40 bits per heavy atom. The lowest BCUT2D eigenvalue weighted by molar-refractivity contribution is 0.102.